The monoisotopic (exact) mass is 185 g/mol. The van der Waals surface area contributed by atoms with E-state index in [-0.39, 0.29) is 0 Å². The van der Waals surface area contributed by atoms with E-state index in [4.69, 9.17) is 4.74 Å². The smallest absolute Gasteiger partial charge is 0.0696 e. The van der Waals surface area contributed by atoms with Crippen molar-refractivity contribution in [1.29, 1.82) is 0 Å². The highest BCUT2D eigenvalue weighted by Gasteiger charge is 2.22. The molecule has 0 amide bonds. The van der Waals surface area contributed by atoms with Gasteiger partial charge in [0.05, 0.1) is 6.10 Å². The van der Waals surface area contributed by atoms with Crippen molar-refractivity contribution in [2.45, 2.75) is 51.2 Å². The number of ether oxygens (including phenoxy) is 1. The van der Waals surface area contributed by atoms with E-state index in [0.29, 0.717) is 12.1 Å². The van der Waals surface area contributed by atoms with Gasteiger partial charge in [-0.05, 0) is 26.3 Å². The summed E-state index contributed by atoms with van der Waals surface area (Å²) in [7, 11) is 3.83. The lowest BCUT2D eigenvalue weighted by molar-refractivity contribution is 0.0769. The zero-order valence-corrected chi connectivity index (χ0v) is 9.18. The van der Waals surface area contributed by atoms with Gasteiger partial charge >= 0.3 is 0 Å². The molecule has 13 heavy (non-hydrogen) atoms. The molecule has 0 aromatic heterocycles. The molecule has 2 heteroatoms. The lowest BCUT2D eigenvalue weighted by Crippen LogP contribution is -2.38. The van der Waals surface area contributed by atoms with Gasteiger partial charge in [0.15, 0.2) is 0 Å². The Kier molecular flexibility index (Phi) is 4.74. The molecule has 0 saturated heterocycles. The molecule has 0 bridgehead atoms. The Morgan fingerprint density at radius 3 is 2.46 bits per heavy atom. The minimum atomic E-state index is 0.339. The Labute approximate surface area is 82.0 Å². The number of nitrogens with one attached hydrogen (secondary N) is 1. The Morgan fingerprint density at radius 2 is 2.00 bits per heavy atom. The number of hydrogen-bond donors (Lipinski definition) is 1. The van der Waals surface area contributed by atoms with E-state index in [2.05, 4.69) is 12.2 Å². The van der Waals surface area contributed by atoms with Gasteiger partial charge in [0.25, 0.3) is 0 Å². The average Bonchev–Trinajstić information content (AvgIpc) is 2.65. The molecule has 1 saturated carbocycles. The van der Waals surface area contributed by atoms with Crippen LogP contribution < -0.4 is 5.32 Å². The van der Waals surface area contributed by atoms with Crippen LogP contribution >= 0.6 is 0 Å². The lowest BCUT2D eigenvalue weighted by atomic mass is 9.96. The summed E-state index contributed by atoms with van der Waals surface area (Å²) >= 11 is 0. The summed E-state index contributed by atoms with van der Waals surface area (Å²) in [4.78, 5) is 0. The Morgan fingerprint density at radius 1 is 1.38 bits per heavy atom. The SMILES string of the molecule is CNC(CC1CCCC1)C(C)OC. The molecule has 2 nitrogen and oxygen atoms in total. The van der Waals surface area contributed by atoms with Gasteiger partial charge in [-0.1, -0.05) is 25.7 Å². The quantitative estimate of drug-likeness (QED) is 0.709. The van der Waals surface area contributed by atoms with E-state index in [1.165, 1.54) is 32.1 Å². The molecule has 0 aromatic rings. The van der Waals surface area contributed by atoms with Crippen molar-refractivity contribution in [3.63, 3.8) is 0 Å². The van der Waals surface area contributed by atoms with Crippen molar-refractivity contribution in [1.82, 2.24) is 5.32 Å². The van der Waals surface area contributed by atoms with Gasteiger partial charge < -0.3 is 10.1 Å². The summed E-state index contributed by atoms with van der Waals surface area (Å²) in [6.45, 7) is 2.15. The molecule has 1 rings (SSSR count). The Hall–Kier alpha value is -0.0800. The molecule has 2 unspecified atom stereocenters. The van der Waals surface area contributed by atoms with Gasteiger partial charge in [0.2, 0.25) is 0 Å². The van der Waals surface area contributed by atoms with Gasteiger partial charge in [-0.15, -0.1) is 0 Å². The van der Waals surface area contributed by atoms with Gasteiger partial charge in [-0.2, -0.15) is 0 Å². The molecule has 0 aromatic carbocycles. The van der Waals surface area contributed by atoms with Crippen molar-refractivity contribution in [3.05, 3.63) is 0 Å². The first-order valence-electron chi connectivity index (χ1n) is 5.48. The normalized spacial score (nSPS) is 23.3. The molecule has 1 N–H and O–H groups in total. The first kappa shape index (κ1) is 11.0. The summed E-state index contributed by atoms with van der Waals surface area (Å²) in [6, 6.07) is 0.535. The molecule has 1 aliphatic carbocycles. The second-order valence-electron chi connectivity index (χ2n) is 4.22. The van der Waals surface area contributed by atoms with Crippen molar-refractivity contribution < 1.29 is 4.74 Å². The summed E-state index contributed by atoms with van der Waals surface area (Å²) < 4.78 is 5.35. The molecule has 1 aliphatic rings. The van der Waals surface area contributed by atoms with Gasteiger partial charge in [0.1, 0.15) is 0 Å². The first-order chi connectivity index (χ1) is 6.27. The highest BCUT2D eigenvalue weighted by molar-refractivity contribution is 4.78. The van der Waals surface area contributed by atoms with Crippen LogP contribution in [0.25, 0.3) is 0 Å². The maximum atomic E-state index is 5.35. The highest BCUT2D eigenvalue weighted by atomic mass is 16.5. The van der Waals surface area contributed by atoms with Crippen LogP contribution in [0.1, 0.15) is 39.0 Å². The zero-order valence-electron chi connectivity index (χ0n) is 9.18. The third-order valence-corrected chi connectivity index (χ3v) is 3.37. The molecule has 0 heterocycles. The summed E-state index contributed by atoms with van der Waals surface area (Å²) in [5.74, 6) is 0.940. The Bertz CT molecular complexity index is 132. The number of rotatable bonds is 5. The van der Waals surface area contributed by atoms with Crippen molar-refractivity contribution in [2.75, 3.05) is 14.2 Å². The van der Waals surface area contributed by atoms with Gasteiger partial charge in [-0.25, -0.2) is 0 Å². The fourth-order valence-electron chi connectivity index (χ4n) is 2.31. The fourth-order valence-corrected chi connectivity index (χ4v) is 2.31. The average molecular weight is 185 g/mol. The van der Waals surface area contributed by atoms with Crippen LogP contribution in [-0.4, -0.2) is 26.3 Å². The number of hydrogen-bond acceptors (Lipinski definition) is 2. The van der Waals surface area contributed by atoms with Crippen LogP contribution in [-0.2, 0) is 4.74 Å². The second-order valence-corrected chi connectivity index (χ2v) is 4.22. The van der Waals surface area contributed by atoms with Gasteiger partial charge in [-0.3, -0.25) is 0 Å². The summed E-state index contributed by atoms with van der Waals surface area (Å²) in [5.41, 5.74) is 0. The predicted molar refractivity (Wildman–Crippen MR) is 55.9 cm³/mol. The van der Waals surface area contributed by atoms with E-state index < -0.39 is 0 Å². The van der Waals surface area contributed by atoms with Crippen LogP contribution in [0.15, 0.2) is 0 Å². The molecule has 2 atom stereocenters. The van der Waals surface area contributed by atoms with Crippen molar-refractivity contribution in [3.8, 4) is 0 Å². The third-order valence-electron chi connectivity index (χ3n) is 3.37. The molecular weight excluding hydrogens is 162 g/mol. The molecule has 0 aliphatic heterocycles. The molecule has 1 fully saturated rings. The third kappa shape index (κ3) is 3.28. The summed E-state index contributed by atoms with van der Waals surface area (Å²) in [6.07, 6.45) is 7.34. The first-order valence-corrected chi connectivity index (χ1v) is 5.48. The molecular formula is C11H23NO. The van der Waals surface area contributed by atoms with Crippen LogP contribution in [0.4, 0.5) is 0 Å². The lowest BCUT2D eigenvalue weighted by Gasteiger charge is -2.25. The highest BCUT2D eigenvalue weighted by Crippen LogP contribution is 2.29. The summed E-state index contributed by atoms with van der Waals surface area (Å²) in [5, 5.41) is 3.35. The van der Waals surface area contributed by atoms with E-state index in [9.17, 15) is 0 Å². The minimum absolute atomic E-state index is 0.339. The van der Waals surface area contributed by atoms with E-state index in [0.717, 1.165) is 5.92 Å². The zero-order chi connectivity index (χ0) is 9.68. The van der Waals surface area contributed by atoms with Crippen LogP contribution in [0, 0.1) is 5.92 Å². The fraction of sp³-hybridized carbons (Fsp3) is 1.00. The van der Waals surface area contributed by atoms with Crippen molar-refractivity contribution >= 4 is 0 Å². The van der Waals surface area contributed by atoms with Crippen LogP contribution in [0.5, 0.6) is 0 Å². The standard InChI is InChI=1S/C11H23NO/c1-9(13-3)11(12-2)8-10-6-4-5-7-10/h9-12H,4-8H2,1-3H3. The molecule has 0 radical (unpaired) electrons. The number of methoxy groups -OCH3 is 1. The minimum Gasteiger partial charge on any atom is -0.380 e. The van der Waals surface area contributed by atoms with Gasteiger partial charge in [0, 0.05) is 13.2 Å². The number of likely N-dealkylation sites (N-methyl/N-ethyl adjacent to an activating group) is 1. The van der Waals surface area contributed by atoms with E-state index >= 15 is 0 Å². The van der Waals surface area contributed by atoms with Crippen LogP contribution in [0.2, 0.25) is 0 Å². The molecule has 0 spiro atoms. The Balaban J connectivity index is 2.29. The maximum Gasteiger partial charge on any atom is 0.0696 e. The van der Waals surface area contributed by atoms with E-state index in [1.54, 1.807) is 7.11 Å². The van der Waals surface area contributed by atoms with Crippen LogP contribution in [0.3, 0.4) is 0 Å². The second kappa shape index (κ2) is 5.61. The maximum absolute atomic E-state index is 5.35. The predicted octanol–water partition coefficient (Wildman–Crippen LogP) is 2.19. The molecule has 78 valence electrons. The topological polar surface area (TPSA) is 21.3 Å². The van der Waals surface area contributed by atoms with E-state index in [1.807, 2.05) is 7.05 Å². The largest absolute Gasteiger partial charge is 0.380 e. The van der Waals surface area contributed by atoms with Crippen molar-refractivity contribution in [2.24, 2.45) is 5.92 Å².